The second kappa shape index (κ2) is 6.67. The Balaban J connectivity index is 2.19. The lowest BCUT2D eigenvalue weighted by Crippen LogP contribution is -1.96. The minimum absolute atomic E-state index is 0.245. The minimum atomic E-state index is -3.13. The van der Waals surface area contributed by atoms with Crippen LogP contribution in [0.15, 0.2) is 66.7 Å². The third-order valence-electron chi connectivity index (χ3n) is 3.98. The lowest BCUT2D eigenvalue weighted by molar-refractivity contribution is 0.275. The SMILES string of the molecule is COP(=O)(Cc1cc2ccccc2cc1-c1ccccc1)OC. The largest absolute Gasteiger partial charge is 0.334 e. The minimum Gasteiger partial charge on any atom is -0.312 e. The van der Waals surface area contributed by atoms with Crippen LogP contribution in [0.25, 0.3) is 21.9 Å². The van der Waals surface area contributed by atoms with Crippen molar-refractivity contribution in [3.8, 4) is 11.1 Å². The molecule has 0 atom stereocenters. The van der Waals surface area contributed by atoms with Crippen LogP contribution in [0.3, 0.4) is 0 Å². The Labute approximate surface area is 136 Å². The molecule has 3 aromatic carbocycles. The van der Waals surface area contributed by atoms with Crippen molar-refractivity contribution in [1.82, 2.24) is 0 Å². The molecule has 3 rings (SSSR count). The van der Waals surface area contributed by atoms with E-state index in [0.29, 0.717) is 0 Å². The van der Waals surface area contributed by atoms with Crippen molar-refractivity contribution in [3.63, 3.8) is 0 Å². The summed E-state index contributed by atoms with van der Waals surface area (Å²) in [5, 5.41) is 2.26. The number of fused-ring (bicyclic) bond motifs is 1. The van der Waals surface area contributed by atoms with Crippen LogP contribution in [0.4, 0.5) is 0 Å². The molecule has 3 nitrogen and oxygen atoms in total. The molecule has 0 unspecified atom stereocenters. The lowest BCUT2D eigenvalue weighted by Gasteiger charge is -2.17. The molecule has 3 aromatic rings. The fraction of sp³-hybridized carbons (Fsp3) is 0.158. The van der Waals surface area contributed by atoms with Gasteiger partial charge in [0.25, 0.3) is 0 Å². The third kappa shape index (κ3) is 3.37. The standard InChI is InChI=1S/C19H19O3P/c1-21-23(20,22-2)14-18-12-16-10-6-7-11-17(16)13-19(18)15-8-4-3-5-9-15/h3-13H,14H2,1-2H3. The van der Waals surface area contributed by atoms with Crippen molar-refractivity contribution in [3.05, 3.63) is 72.3 Å². The summed E-state index contributed by atoms with van der Waals surface area (Å²) in [5.41, 5.74) is 3.10. The van der Waals surface area contributed by atoms with Gasteiger partial charge >= 0.3 is 7.60 Å². The zero-order chi connectivity index (χ0) is 16.3. The van der Waals surface area contributed by atoms with Gasteiger partial charge < -0.3 is 9.05 Å². The van der Waals surface area contributed by atoms with Crippen LogP contribution in [0, 0.1) is 0 Å². The Kier molecular flexibility index (Phi) is 4.63. The molecule has 0 heterocycles. The average molecular weight is 326 g/mol. The molecule has 0 aliphatic heterocycles. The van der Waals surface area contributed by atoms with E-state index in [1.807, 2.05) is 30.3 Å². The van der Waals surface area contributed by atoms with Crippen LogP contribution in [0.2, 0.25) is 0 Å². The molecule has 0 fully saturated rings. The van der Waals surface area contributed by atoms with Gasteiger partial charge in [0.2, 0.25) is 0 Å². The summed E-state index contributed by atoms with van der Waals surface area (Å²) >= 11 is 0. The van der Waals surface area contributed by atoms with Crippen LogP contribution >= 0.6 is 7.60 Å². The second-order valence-corrected chi connectivity index (χ2v) is 7.63. The molecule has 0 saturated carbocycles. The summed E-state index contributed by atoms with van der Waals surface area (Å²) in [6.07, 6.45) is 0.245. The van der Waals surface area contributed by atoms with E-state index in [9.17, 15) is 4.57 Å². The van der Waals surface area contributed by atoms with Crippen molar-refractivity contribution in [2.45, 2.75) is 6.16 Å². The Morgan fingerprint density at radius 3 is 2.00 bits per heavy atom. The van der Waals surface area contributed by atoms with Gasteiger partial charge in [0.15, 0.2) is 0 Å². The molecule has 0 amide bonds. The Morgan fingerprint density at radius 1 is 0.826 bits per heavy atom. The molecule has 4 heteroatoms. The van der Waals surface area contributed by atoms with Crippen LogP contribution in [0.1, 0.15) is 5.56 Å². The van der Waals surface area contributed by atoms with E-state index in [4.69, 9.17) is 9.05 Å². The van der Waals surface area contributed by atoms with Crippen molar-refractivity contribution in [2.75, 3.05) is 14.2 Å². The number of benzene rings is 3. The van der Waals surface area contributed by atoms with Gasteiger partial charge in [-0.2, -0.15) is 0 Å². The maximum atomic E-state index is 12.6. The van der Waals surface area contributed by atoms with Crippen molar-refractivity contribution < 1.29 is 13.6 Å². The van der Waals surface area contributed by atoms with Gasteiger partial charge in [0.1, 0.15) is 0 Å². The average Bonchev–Trinajstić information content (AvgIpc) is 2.61. The Bertz CT molecular complexity index is 851. The summed E-state index contributed by atoms with van der Waals surface area (Å²) in [4.78, 5) is 0. The summed E-state index contributed by atoms with van der Waals surface area (Å²) in [5.74, 6) is 0. The molecule has 0 bridgehead atoms. The van der Waals surface area contributed by atoms with E-state index < -0.39 is 7.60 Å². The predicted molar refractivity (Wildman–Crippen MR) is 94.7 cm³/mol. The second-order valence-electron chi connectivity index (χ2n) is 5.36. The predicted octanol–water partition coefficient (Wildman–Crippen LogP) is 5.49. The number of hydrogen-bond donors (Lipinski definition) is 0. The van der Waals surface area contributed by atoms with Crippen molar-refractivity contribution in [2.24, 2.45) is 0 Å². The number of rotatable bonds is 5. The highest BCUT2D eigenvalue weighted by molar-refractivity contribution is 7.52. The van der Waals surface area contributed by atoms with Gasteiger partial charge in [-0.15, -0.1) is 0 Å². The highest BCUT2D eigenvalue weighted by atomic mass is 31.2. The fourth-order valence-corrected chi connectivity index (χ4v) is 3.80. The molecule has 0 saturated heterocycles. The third-order valence-corrected chi connectivity index (χ3v) is 5.82. The maximum absolute atomic E-state index is 12.6. The molecule has 0 spiro atoms. The molecule has 0 aliphatic carbocycles. The van der Waals surface area contributed by atoms with E-state index >= 15 is 0 Å². The van der Waals surface area contributed by atoms with Gasteiger partial charge in [0, 0.05) is 14.2 Å². The van der Waals surface area contributed by atoms with Crippen molar-refractivity contribution in [1.29, 1.82) is 0 Å². The molecule has 0 radical (unpaired) electrons. The molecule has 23 heavy (non-hydrogen) atoms. The van der Waals surface area contributed by atoms with Gasteiger partial charge in [0.05, 0.1) is 6.16 Å². The molecule has 118 valence electrons. The van der Waals surface area contributed by atoms with Gasteiger partial charge in [-0.3, -0.25) is 4.57 Å². The highest BCUT2D eigenvalue weighted by Crippen LogP contribution is 2.51. The molecule has 0 aromatic heterocycles. The zero-order valence-corrected chi connectivity index (χ0v) is 14.1. The highest BCUT2D eigenvalue weighted by Gasteiger charge is 2.24. The Hall–Kier alpha value is -1.93. The van der Waals surface area contributed by atoms with Crippen LogP contribution in [0.5, 0.6) is 0 Å². The Morgan fingerprint density at radius 2 is 1.39 bits per heavy atom. The van der Waals surface area contributed by atoms with Crippen LogP contribution < -0.4 is 0 Å². The normalized spacial score (nSPS) is 11.7. The summed E-state index contributed by atoms with van der Waals surface area (Å²) in [6, 6.07) is 22.5. The monoisotopic (exact) mass is 326 g/mol. The van der Waals surface area contributed by atoms with E-state index in [1.54, 1.807) is 0 Å². The summed E-state index contributed by atoms with van der Waals surface area (Å²) in [6.45, 7) is 0. The van der Waals surface area contributed by atoms with Crippen LogP contribution in [-0.2, 0) is 19.8 Å². The van der Waals surface area contributed by atoms with Crippen molar-refractivity contribution >= 4 is 18.4 Å². The summed E-state index contributed by atoms with van der Waals surface area (Å²) in [7, 11) is -0.280. The van der Waals surface area contributed by atoms with E-state index in [-0.39, 0.29) is 6.16 Å². The first kappa shape index (κ1) is 15.9. The topological polar surface area (TPSA) is 35.5 Å². The zero-order valence-electron chi connectivity index (χ0n) is 13.2. The van der Waals surface area contributed by atoms with Crippen LogP contribution in [-0.4, -0.2) is 14.2 Å². The number of hydrogen-bond acceptors (Lipinski definition) is 3. The molecule has 0 aliphatic rings. The van der Waals surface area contributed by atoms with Gasteiger partial charge in [-0.1, -0.05) is 54.6 Å². The fourth-order valence-electron chi connectivity index (χ4n) is 2.72. The molecular formula is C19H19O3P. The first-order valence-electron chi connectivity index (χ1n) is 7.43. The first-order valence-corrected chi connectivity index (χ1v) is 9.15. The van der Waals surface area contributed by atoms with Gasteiger partial charge in [-0.25, -0.2) is 0 Å². The maximum Gasteiger partial charge on any atom is 0.334 e. The lowest BCUT2D eigenvalue weighted by atomic mass is 9.96. The van der Waals surface area contributed by atoms with E-state index in [2.05, 4.69) is 36.4 Å². The smallest absolute Gasteiger partial charge is 0.312 e. The summed E-state index contributed by atoms with van der Waals surface area (Å²) < 4.78 is 22.8. The van der Waals surface area contributed by atoms with E-state index in [1.165, 1.54) is 14.2 Å². The van der Waals surface area contributed by atoms with E-state index in [0.717, 1.165) is 27.5 Å². The molecule has 0 N–H and O–H groups in total. The quantitative estimate of drug-likeness (QED) is 0.581. The van der Waals surface area contributed by atoms with Gasteiger partial charge in [-0.05, 0) is 39.6 Å². The molecular weight excluding hydrogens is 307 g/mol. The first-order chi connectivity index (χ1) is 11.1.